The van der Waals surface area contributed by atoms with E-state index in [1.54, 1.807) is 60.4 Å². The van der Waals surface area contributed by atoms with Crippen molar-refractivity contribution in [2.24, 2.45) is 7.05 Å². The molecule has 0 spiro atoms. The summed E-state index contributed by atoms with van der Waals surface area (Å²) in [6.45, 7) is 1.65. The Morgan fingerprint density at radius 2 is 1.81 bits per heavy atom. The number of amides is 1. The van der Waals surface area contributed by atoms with E-state index in [9.17, 15) is 9.59 Å². The summed E-state index contributed by atoms with van der Waals surface area (Å²) in [6, 6.07) is 9.97. The lowest BCUT2D eigenvalue weighted by Gasteiger charge is -2.12. The van der Waals surface area contributed by atoms with Gasteiger partial charge in [0.1, 0.15) is 0 Å². The highest BCUT2D eigenvalue weighted by Crippen LogP contribution is 2.21. The van der Waals surface area contributed by atoms with Gasteiger partial charge in [0.2, 0.25) is 5.78 Å². The van der Waals surface area contributed by atoms with E-state index in [1.165, 1.54) is 0 Å². The summed E-state index contributed by atoms with van der Waals surface area (Å²) in [4.78, 5) is 23.9. The van der Waals surface area contributed by atoms with Gasteiger partial charge in [-0.1, -0.05) is 11.6 Å². The molecule has 2 rings (SSSR count). The quantitative estimate of drug-likeness (QED) is 0.518. The van der Waals surface area contributed by atoms with E-state index >= 15 is 0 Å². The lowest BCUT2D eigenvalue weighted by Crippen LogP contribution is -2.26. The second-order valence-electron chi connectivity index (χ2n) is 4.74. The van der Waals surface area contributed by atoms with Gasteiger partial charge < -0.3 is 4.57 Å². The molecule has 2 N–H and O–H groups in total. The zero-order chi connectivity index (χ0) is 15.6. The first-order valence-corrected chi connectivity index (χ1v) is 6.73. The van der Waals surface area contributed by atoms with Crippen LogP contribution in [-0.4, -0.2) is 21.5 Å². The van der Waals surface area contributed by atoms with Crippen molar-refractivity contribution >= 4 is 23.3 Å². The fourth-order valence-corrected chi connectivity index (χ4v) is 2.30. The van der Waals surface area contributed by atoms with E-state index in [4.69, 9.17) is 16.8 Å². The van der Waals surface area contributed by atoms with E-state index in [-0.39, 0.29) is 5.78 Å². The molecule has 0 saturated heterocycles. The number of benzene rings is 1. The minimum Gasteiger partial charge on any atom is -0.344 e. The number of carbonyl (C=O) groups excluding carboxylic acids is 2. The molecule has 0 fully saturated rings. The Morgan fingerprint density at radius 3 is 2.38 bits per heavy atom. The fourth-order valence-electron chi connectivity index (χ4n) is 2.17. The normalized spacial score (nSPS) is 12.0. The van der Waals surface area contributed by atoms with E-state index in [0.717, 1.165) is 0 Å². The molecule has 2 aromatic rings. The fraction of sp³-hybridized carbons (Fsp3) is 0.200. The van der Waals surface area contributed by atoms with Crippen LogP contribution in [0.3, 0.4) is 0 Å². The highest BCUT2D eigenvalue weighted by atomic mass is 35.5. The number of rotatable bonds is 4. The molecule has 0 aliphatic heterocycles. The molecule has 1 atom stereocenters. The van der Waals surface area contributed by atoms with Gasteiger partial charge in [0.25, 0.3) is 5.91 Å². The van der Waals surface area contributed by atoms with Gasteiger partial charge in [-0.3, -0.25) is 14.8 Å². The maximum Gasteiger partial charge on any atom is 0.252 e. The van der Waals surface area contributed by atoms with E-state index < -0.39 is 11.8 Å². The van der Waals surface area contributed by atoms with Crippen molar-refractivity contribution < 1.29 is 14.8 Å². The van der Waals surface area contributed by atoms with Crippen LogP contribution in [0.1, 0.15) is 34.6 Å². The SMILES string of the molecule is CC(C(=O)NO)c1ccc(C(=O)c2ccc(Cl)cc2)n1C. The van der Waals surface area contributed by atoms with Crippen LogP contribution in [0.4, 0.5) is 0 Å². The van der Waals surface area contributed by atoms with Crippen LogP contribution in [0, 0.1) is 0 Å². The molecule has 1 unspecified atom stereocenters. The topological polar surface area (TPSA) is 71.3 Å². The van der Waals surface area contributed by atoms with Crippen LogP contribution in [0.25, 0.3) is 0 Å². The molecule has 1 amide bonds. The third-order valence-corrected chi connectivity index (χ3v) is 3.70. The predicted molar refractivity (Wildman–Crippen MR) is 78.6 cm³/mol. The highest BCUT2D eigenvalue weighted by Gasteiger charge is 2.21. The van der Waals surface area contributed by atoms with Crippen molar-refractivity contribution in [3.05, 3.63) is 58.4 Å². The molecule has 0 aliphatic carbocycles. The van der Waals surface area contributed by atoms with Crippen LogP contribution < -0.4 is 5.48 Å². The third-order valence-electron chi connectivity index (χ3n) is 3.45. The lowest BCUT2D eigenvalue weighted by atomic mass is 10.1. The van der Waals surface area contributed by atoms with Crippen molar-refractivity contribution in [1.82, 2.24) is 10.0 Å². The Balaban J connectivity index is 2.34. The maximum absolute atomic E-state index is 12.4. The predicted octanol–water partition coefficient (Wildman–Crippen LogP) is 2.52. The Kier molecular flexibility index (Phi) is 4.45. The first kappa shape index (κ1) is 15.3. The number of hydrogen-bond acceptors (Lipinski definition) is 3. The van der Waals surface area contributed by atoms with Gasteiger partial charge in [-0.15, -0.1) is 0 Å². The molecule has 0 aliphatic rings. The first-order valence-electron chi connectivity index (χ1n) is 6.35. The number of carbonyl (C=O) groups is 2. The molecule has 21 heavy (non-hydrogen) atoms. The maximum atomic E-state index is 12.4. The molecule has 0 radical (unpaired) electrons. The Hall–Kier alpha value is -2.11. The van der Waals surface area contributed by atoms with Crippen molar-refractivity contribution in [1.29, 1.82) is 0 Å². The molecule has 0 saturated carbocycles. The van der Waals surface area contributed by atoms with E-state index in [1.807, 2.05) is 0 Å². The summed E-state index contributed by atoms with van der Waals surface area (Å²) in [7, 11) is 1.71. The minimum absolute atomic E-state index is 0.156. The van der Waals surface area contributed by atoms with Crippen LogP contribution >= 0.6 is 11.6 Å². The largest absolute Gasteiger partial charge is 0.344 e. The standard InChI is InChI=1S/C15H15ClN2O3/c1-9(15(20)17-21)12-7-8-13(18(12)2)14(19)10-3-5-11(16)6-4-10/h3-9,21H,1-2H3,(H,17,20). The summed E-state index contributed by atoms with van der Waals surface area (Å²) >= 11 is 5.81. The average molecular weight is 307 g/mol. The monoisotopic (exact) mass is 306 g/mol. The number of hydrogen-bond donors (Lipinski definition) is 2. The minimum atomic E-state index is -0.563. The molecular formula is C15H15ClN2O3. The van der Waals surface area contributed by atoms with Crippen molar-refractivity contribution in [3.8, 4) is 0 Å². The smallest absolute Gasteiger partial charge is 0.252 e. The molecule has 110 valence electrons. The van der Waals surface area contributed by atoms with E-state index in [0.29, 0.717) is 22.0 Å². The van der Waals surface area contributed by atoms with Gasteiger partial charge in [-0.25, -0.2) is 5.48 Å². The van der Waals surface area contributed by atoms with Crippen LogP contribution in [0.5, 0.6) is 0 Å². The number of hydroxylamine groups is 1. The number of halogens is 1. The van der Waals surface area contributed by atoms with Crippen molar-refractivity contribution in [2.45, 2.75) is 12.8 Å². The number of ketones is 1. The van der Waals surface area contributed by atoms with Gasteiger partial charge in [-0.2, -0.15) is 0 Å². The van der Waals surface area contributed by atoms with Gasteiger partial charge >= 0.3 is 0 Å². The highest BCUT2D eigenvalue weighted by molar-refractivity contribution is 6.30. The lowest BCUT2D eigenvalue weighted by molar-refractivity contribution is -0.130. The molecular weight excluding hydrogens is 292 g/mol. The second kappa shape index (κ2) is 6.11. The van der Waals surface area contributed by atoms with Crippen LogP contribution in [0.15, 0.2) is 36.4 Å². The first-order chi connectivity index (χ1) is 9.95. The van der Waals surface area contributed by atoms with Crippen molar-refractivity contribution in [3.63, 3.8) is 0 Å². The molecule has 0 bridgehead atoms. The van der Waals surface area contributed by atoms with Gasteiger partial charge in [0.05, 0.1) is 11.6 Å². The number of aromatic nitrogens is 1. The Labute approximate surface area is 127 Å². The zero-order valence-electron chi connectivity index (χ0n) is 11.6. The van der Waals surface area contributed by atoms with Crippen LogP contribution in [0.2, 0.25) is 5.02 Å². The van der Waals surface area contributed by atoms with Crippen LogP contribution in [-0.2, 0) is 11.8 Å². The van der Waals surface area contributed by atoms with Crippen molar-refractivity contribution in [2.75, 3.05) is 0 Å². The van der Waals surface area contributed by atoms with Gasteiger partial charge in [0, 0.05) is 23.3 Å². The Morgan fingerprint density at radius 1 is 1.19 bits per heavy atom. The average Bonchev–Trinajstić information content (AvgIpc) is 2.87. The molecule has 1 aromatic carbocycles. The molecule has 1 aromatic heterocycles. The number of nitrogens with one attached hydrogen (secondary N) is 1. The summed E-state index contributed by atoms with van der Waals surface area (Å²) in [5.41, 5.74) is 3.24. The summed E-state index contributed by atoms with van der Waals surface area (Å²) in [5, 5.41) is 9.25. The molecule has 5 nitrogen and oxygen atoms in total. The number of nitrogens with zero attached hydrogens (tertiary/aromatic N) is 1. The second-order valence-corrected chi connectivity index (χ2v) is 5.17. The van der Waals surface area contributed by atoms with E-state index in [2.05, 4.69) is 0 Å². The summed E-state index contributed by atoms with van der Waals surface area (Å²) in [6.07, 6.45) is 0. The van der Waals surface area contributed by atoms with Gasteiger partial charge in [0.15, 0.2) is 0 Å². The third kappa shape index (κ3) is 2.99. The van der Waals surface area contributed by atoms with Gasteiger partial charge in [-0.05, 0) is 43.3 Å². The summed E-state index contributed by atoms with van der Waals surface area (Å²) < 4.78 is 1.65. The summed E-state index contributed by atoms with van der Waals surface area (Å²) in [5.74, 6) is -1.24. The molecule has 1 heterocycles. The molecule has 6 heteroatoms. The Bertz CT molecular complexity index is 677. The zero-order valence-corrected chi connectivity index (χ0v) is 12.4.